The van der Waals surface area contributed by atoms with Crippen LogP contribution in [0.25, 0.3) is 60.7 Å². The van der Waals surface area contributed by atoms with Crippen LogP contribution in [0.3, 0.4) is 0 Å². The van der Waals surface area contributed by atoms with Gasteiger partial charge in [-0.1, -0.05) is 36.4 Å². The summed E-state index contributed by atoms with van der Waals surface area (Å²) in [4.78, 5) is 3.84. The quantitative estimate of drug-likeness (QED) is 0.103. The predicted molar refractivity (Wildman–Crippen MR) is 190 cm³/mol. The molecule has 1 aliphatic rings. The van der Waals surface area contributed by atoms with E-state index >= 15 is 0 Å². The topological polar surface area (TPSA) is 135 Å². The molecule has 7 rings (SSSR count). The van der Waals surface area contributed by atoms with Gasteiger partial charge in [-0.25, -0.2) is 4.40 Å². The number of nitrogens with zero attached hydrogens (tertiary/aromatic N) is 7. The first-order valence-electron chi connectivity index (χ1n) is 13.2. The molecule has 0 spiro atoms. The molecule has 4 heterocycles. The van der Waals surface area contributed by atoms with E-state index in [1.165, 1.54) is 11.7 Å². The number of thiol groups is 1. The number of rotatable bonds is 6. The smallest absolute Gasteiger partial charge is 0.114 e. The van der Waals surface area contributed by atoms with Crippen molar-refractivity contribution in [3.05, 3.63) is 99.3 Å². The van der Waals surface area contributed by atoms with Crippen LogP contribution in [0.1, 0.15) is 15.3 Å². The Hall–Kier alpha value is -4.89. The third kappa shape index (κ3) is 5.37. The van der Waals surface area contributed by atoms with Crippen LogP contribution in [0.5, 0.6) is 0 Å². The number of fused-ring (bicyclic) bond motifs is 2. The number of allylic oxidation sites excluding steroid dienone is 6. The van der Waals surface area contributed by atoms with Crippen molar-refractivity contribution in [1.82, 2.24) is 17.5 Å². The number of hydrogen-bond donors (Lipinski definition) is 2. The molecule has 1 N–H and O–H groups in total. The largest absolute Gasteiger partial charge is 0.299 e. The van der Waals surface area contributed by atoms with Crippen LogP contribution in [0, 0.1) is 28.1 Å². The molecule has 214 valence electrons. The zero-order valence-electron chi connectivity index (χ0n) is 22.8. The zero-order chi connectivity index (χ0) is 30.9. The summed E-state index contributed by atoms with van der Waals surface area (Å²) >= 11 is 9.44. The molecule has 8 nitrogen and oxygen atoms in total. The molecule has 6 aromatic rings. The Kier molecular flexibility index (Phi) is 7.85. The predicted octanol–water partition coefficient (Wildman–Crippen LogP) is 8.93. The second-order valence-corrected chi connectivity index (χ2v) is 13.1. The maximum Gasteiger partial charge on any atom is 0.114 e. The third-order valence-electron chi connectivity index (χ3n) is 7.02. The van der Waals surface area contributed by atoms with Gasteiger partial charge >= 0.3 is 0 Å². The molecule has 0 atom stereocenters. The fraction of sp³-hybridized carbons (Fsp3) is 0. The van der Waals surface area contributed by atoms with Crippen LogP contribution in [0.2, 0.25) is 0 Å². The molecule has 1 aliphatic carbocycles. The van der Waals surface area contributed by atoms with Crippen molar-refractivity contribution in [1.29, 1.82) is 15.9 Å². The highest BCUT2D eigenvalue weighted by Gasteiger charge is 2.19. The molecule has 0 saturated carbocycles. The summed E-state index contributed by atoms with van der Waals surface area (Å²) in [5, 5.41) is 28.0. The van der Waals surface area contributed by atoms with Gasteiger partial charge in [0.25, 0.3) is 0 Å². The van der Waals surface area contributed by atoms with Crippen LogP contribution in [0.4, 0.5) is 0 Å². The molecular formula is C32H16N8S5. The minimum atomic E-state index is 0.208. The number of benzene rings is 2. The summed E-state index contributed by atoms with van der Waals surface area (Å²) in [6.45, 7) is 0. The van der Waals surface area contributed by atoms with E-state index in [0.29, 0.717) is 22.4 Å². The highest BCUT2D eigenvalue weighted by Crippen LogP contribution is 2.40. The van der Waals surface area contributed by atoms with Gasteiger partial charge in [0, 0.05) is 41.8 Å². The summed E-state index contributed by atoms with van der Waals surface area (Å²) in [5.74, 6) is 0. The molecular weight excluding hydrogens is 657 g/mol. The van der Waals surface area contributed by atoms with Gasteiger partial charge in [-0.3, -0.25) is 5.41 Å². The lowest BCUT2D eigenvalue weighted by atomic mass is 9.94. The van der Waals surface area contributed by atoms with E-state index in [-0.39, 0.29) is 5.71 Å². The molecule has 45 heavy (non-hydrogen) atoms. The molecule has 0 aliphatic heterocycles. The summed E-state index contributed by atoms with van der Waals surface area (Å²) in [6.07, 6.45) is 8.81. The normalized spacial score (nSPS) is 14.7. The Labute approximate surface area is 278 Å². The Bertz CT molecular complexity index is 2400. The molecule has 0 saturated heterocycles. The average Bonchev–Trinajstić information content (AvgIpc) is 3.89. The number of hydrogen-bond acceptors (Lipinski definition) is 13. The van der Waals surface area contributed by atoms with E-state index < -0.39 is 0 Å². The lowest BCUT2D eigenvalue weighted by molar-refractivity contribution is 1.47. The molecule has 4 aromatic heterocycles. The van der Waals surface area contributed by atoms with Crippen molar-refractivity contribution in [2.75, 3.05) is 0 Å². The van der Waals surface area contributed by atoms with Gasteiger partial charge in [0.1, 0.15) is 27.8 Å². The maximum atomic E-state index is 9.96. The van der Waals surface area contributed by atoms with Gasteiger partial charge in [-0.2, -0.15) is 28.0 Å². The van der Waals surface area contributed by atoms with Crippen molar-refractivity contribution >= 4 is 110 Å². The van der Waals surface area contributed by atoms with E-state index in [0.717, 1.165) is 70.0 Å². The minimum absolute atomic E-state index is 0.208. The molecule has 0 bridgehead atoms. The van der Waals surface area contributed by atoms with Gasteiger partial charge in [-0.05, 0) is 61.4 Å². The Balaban J connectivity index is 1.21. The van der Waals surface area contributed by atoms with Crippen LogP contribution < -0.4 is 0 Å². The van der Waals surface area contributed by atoms with E-state index in [2.05, 4.69) is 59.0 Å². The van der Waals surface area contributed by atoms with Gasteiger partial charge in [-0.15, -0.1) is 22.7 Å². The number of aromatic nitrogens is 4. The number of thiophene rings is 2. The fourth-order valence-electron chi connectivity index (χ4n) is 4.93. The Morgan fingerprint density at radius 2 is 1.40 bits per heavy atom. The third-order valence-corrected chi connectivity index (χ3v) is 10.4. The first-order valence-corrected chi connectivity index (χ1v) is 16.7. The average molecular weight is 673 g/mol. The van der Waals surface area contributed by atoms with Crippen LogP contribution in [-0.2, 0) is 0 Å². The second kappa shape index (κ2) is 12.2. The summed E-state index contributed by atoms with van der Waals surface area (Å²) < 4.78 is 21.9. The molecule has 0 unspecified atom stereocenters. The zero-order valence-corrected chi connectivity index (χ0v) is 27.0. The van der Waals surface area contributed by atoms with E-state index in [1.807, 2.05) is 48.5 Å². The molecule has 13 heteroatoms. The van der Waals surface area contributed by atoms with Crippen molar-refractivity contribution in [3.63, 3.8) is 0 Å². The highest BCUT2D eigenvalue weighted by atomic mass is 32.1. The van der Waals surface area contributed by atoms with E-state index in [4.69, 9.17) is 5.41 Å². The van der Waals surface area contributed by atoms with E-state index in [9.17, 15) is 10.5 Å². The van der Waals surface area contributed by atoms with Gasteiger partial charge < -0.3 is 0 Å². The number of nitrogens with one attached hydrogen (secondary N) is 1. The van der Waals surface area contributed by atoms with Crippen molar-refractivity contribution < 1.29 is 0 Å². The maximum absolute atomic E-state index is 9.96. The van der Waals surface area contributed by atoms with Gasteiger partial charge in [0.2, 0.25) is 0 Å². The molecule has 0 radical (unpaired) electrons. The van der Waals surface area contributed by atoms with Crippen molar-refractivity contribution in [2.45, 2.75) is 0 Å². The minimum Gasteiger partial charge on any atom is -0.299 e. The Morgan fingerprint density at radius 3 is 2.04 bits per heavy atom. The monoisotopic (exact) mass is 672 g/mol. The molecule has 2 aromatic carbocycles. The summed E-state index contributed by atoms with van der Waals surface area (Å²) in [7, 11) is 0. The van der Waals surface area contributed by atoms with Gasteiger partial charge in [0.05, 0.1) is 52.5 Å². The lowest BCUT2D eigenvalue weighted by Gasteiger charge is -2.11. The fourth-order valence-corrected chi connectivity index (χ4v) is 8.23. The first kappa shape index (κ1) is 28.9. The van der Waals surface area contributed by atoms with Crippen LogP contribution in [-0.4, -0.2) is 28.9 Å². The summed E-state index contributed by atoms with van der Waals surface area (Å²) in [5.41, 5.74) is 7.89. The van der Waals surface area contributed by atoms with Gasteiger partial charge in [0.15, 0.2) is 0 Å². The van der Waals surface area contributed by atoms with Crippen molar-refractivity contribution in [3.8, 4) is 33.0 Å². The van der Waals surface area contributed by atoms with Crippen LogP contribution >= 0.6 is 58.9 Å². The lowest BCUT2D eigenvalue weighted by Crippen LogP contribution is -2.16. The number of nitriles is 2. The molecule has 0 fully saturated rings. The standard InChI is InChI=1S/C32H16N8S5/c33-15-17(21-3-1-5-25(35)29(21)36-41)13-19-7-11-27(42-19)23-9-10-24(32-31(23)39-45-40-32)28-12-8-20(43-28)14-18(16-34)22-4-2-6-26-30(22)38-44-37-26/h1-14,35,41H/b17-13+,18-14+,35-25?,36-29-. The highest BCUT2D eigenvalue weighted by molar-refractivity contribution is 7.79. The van der Waals surface area contributed by atoms with Crippen molar-refractivity contribution in [2.24, 2.45) is 4.40 Å². The van der Waals surface area contributed by atoms with E-state index in [1.54, 1.807) is 47.0 Å². The molecule has 0 amide bonds. The second-order valence-electron chi connectivity index (χ2n) is 9.61. The summed E-state index contributed by atoms with van der Waals surface area (Å²) in [6, 6.07) is 22.4. The van der Waals surface area contributed by atoms with Crippen LogP contribution in [0.15, 0.2) is 88.4 Å². The SMILES string of the molecule is N#C/C(=C\c1ccc(-c2ccc(-c3ccc(/C=C(\C#N)c4cccc5nsnc45)s3)c3nsnc23)s1)C1=CC=CC(=N)/C1=N\S. The first-order chi connectivity index (χ1) is 22.1. The Morgan fingerprint density at radius 1 is 0.778 bits per heavy atom.